The molecule has 0 aliphatic carbocycles. The van der Waals surface area contributed by atoms with E-state index in [0.717, 1.165) is 12.1 Å². The van der Waals surface area contributed by atoms with Gasteiger partial charge < -0.3 is 15.2 Å². The number of halogens is 2. The Kier molecular flexibility index (Phi) is 4.99. The average Bonchev–Trinajstić information content (AvgIpc) is 2.02. The first-order chi connectivity index (χ1) is 5.63. The molecular formula is C6H7BF2O3. The van der Waals surface area contributed by atoms with E-state index >= 15 is 0 Å². The second kappa shape index (κ2) is 5.51. The molecule has 0 spiro atoms. The molecule has 1 rings (SSSR count). The lowest BCUT2D eigenvalue weighted by Crippen LogP contribution is -1.81. The quantitative estimate of drug-likeness (QED) is 0.484. The number of phenolic OH excluding ortho intramolecular Hbond substituents is 1. The molecule has 3 N–H and O–H groups in total. The molecule has 0 atom stereocenters. The number of rotatable bonds is 0. The summed E-state index contributed by atoms with van der Waals surface area (Å²) in [7, 11) is -0.750. The highest BCUT2D eigenvalue weighted by Crippen LogP contribution is 2.16. The van der Waals surface area contributed by atoms with Crippen LogP contribution in [0.25, 0.3) is 0 Å². The van der Waals surface area contributed by atoms with Gasteiger partial charge in [0.1, 0.15) is 0 Å². The van der Waals surface area contributed by atoms with E-state index in [1.54, 1.807) is 0 Å². The van der Waals surface area contributed by atoms with E-state index in [0.29, 0.717) is 0 Å². The van der Waals surface area contributed by atoms with Gasteiger partial charge in [-0.2, -0.15) is 4.39 Å². The van der Waals surface area contributed by atoms with E-state index in [-0.39, 0.29) is 0 Å². The van der Waals surface area contributed by atoms with Crippen molar-refractivity contribution in [3.05, 3.63) is 29.8 Å². The zero-order valence-electron chi connectivity index (χ0n) is 6.04. The molecule has 0 saturated carbocycles. The van der Waals surface area contributed by atoms with Gasteiger partial charge in [-0.05, 0) is 12.1 Å². The van der Waals surface area contributed by atoms with Crippen molar-refractivity contribution in [2.24, 2.45) is 0 Å². The Balaban J connectivity index is 0.000000354. The zero-order chi connectivity index (χ0) is 9.56. The van der Waals surface area contributed by atoms with Crippen LogP contribution in [0.3, 0.4) is 0 Å². The Labute approximate surface area is 68.2 Å². The Bertz CT molecular complexity index is 224. The number of benzene rings is 1. The first kappa shape index (κ1) is 10.9. The molecule has 0 aromatic heterocycles. The molecule has 0 saturated heterocycles. The third kappa shape index (κ3) is 3.31. The molecule has 6 heteroatoms. The third-order valence-corrected chi connectivity index (χ3v) is 0.931. The Morgan fingerprint density at radius 1 is 1.17 bits per heavy atom. The van der Waals surface area contributed by atoms with E-state index < -0.39 is 25.1 Å². The molecule has 1 aromatic carbocycles. The fraction of sp³-hybridized carbons (Fsp3) is 0. The summed E-state index contributed by atoms with van der Waals surface area (Å²) < 4.78 is 24.2. The van der Waals surface area contributed by atoms with E-state index in [2.05, 4.69) is 0 Å². The summed E-state index contributed by atoms with van der Waals surface area (Å²) >= 11 is 0. The maximum absolute atomic E-state index is 12.1. The molecule has 0 amide bonds. The van der Waals surface area contributed by atoms with Crippen molar-refractivity contribution >= 4 is 7.69 Å². The lowest BCUT2D eigenvalue weighted by atomic mass is 10.3. The minimum absolute atomic E-state index is 0.657. The highest BCUT2D eigenvalue weighted by molar-refractivity contribution is 6.13. The van der Waals surface area contributed by atoms with Crippen LogP contribution in [0.2, 0.25) is 0 Å². The van der Waals surface area contributed by atoms with Crippen LogP contribution in [-0.4, -0.2) is 22.8 Å². The van der Waals surface area contributed by atoms with Crippen LogP contribution in [0.15, 0.2) is 18.2 Å². The van der Waals surface area contributed by atoms with Crippen molar-refractivity contribution in [2.45, 2.75) is 0 Å². The third-order valence-electron chi connectivity index (χ3n) is 0.931. The Morgan fingerprint density at radius 3 is 2.00 bits per heavy atom. The smallest absolute Gasteiger partial charge is 0.432 e. The second-order valence-corrected chi connectivity index (χ2v) is 1.71. The van der Waals surface area contributed by atoms with Gasteiger partial charge >= 0.3 is 7.69 Å². The molecule has 0 unspecified atom stereocenters. The zero-order valence-corrected chi connectivity index (χ0v) is 6.04. The number of aromatic hydroxyl groups is 1. The first-order valence-corrected chi connectivity index (χ1v) is 2.98. The van der Waals surface area contributed by atoms with Gasteiger partial charge in [0.05, 0.1) is 0 Å². The van der Waals surface area contributed by atoms with Crippen LogP contribution >= 0.6 is 0 Å². The van der Waals surface area contributed by atoms with Crippen molar-refractivity contribution in [3.63, 3.8) is 0 Å². The van der Waals surface area contributed by atoms with Gasteiger partial charge in [0, 0.05) is 0 Å². The largest absolute Gasteiger partial charge is 0.505 e. The molecule has 0 aliphatic rings. The fourth-order valence-corrected chi connectivity index (χ4v) is 0.492. The highest BCUT2D eigenvalue weighted by Gasteiger charge is 2.03. The van der Waals surface area contributed by atoms with E-state index in [1.165, 1.54) is 6.07 Å². The van der Waals surface area contributed by atoms with Gasteiger partial charge in [-0.15, -0.1) is 0 Å². The molecule has 66 valence electrons. The summed E-state index contributed by atoms with van der Waals surface area (Å²) in [5.74, 6) is -2.89. The molecule has 0 heterocycles. The molecule has 1 aromatic rings. The van der Waals surface area contributed by atoms with E-state index in [9.17, 15) is 8.78 Å². The predicted molar refractivity (Wildman–Crippen MR) is 39.6 cm³/mol. The minimum atomic E-state index is -1.20. The van der Waals surface area contributed by atoms with Crippen LogP contribution in [-0.2, 0) is 0 Å². The summed E-state index contributed by atoms with van der Waals surface area (Å²) in [5, 5.41) is 22.7. The van der Waals surface area contributed by atoms with Crippen molar-refractivity contribution in [3.8, 4) is 5.75 Å². The van der Waals surface area contributed by atoms with Crippen LogP contribution in [0.5, 0.6) is 5.75 Å². The van der Waals surface area contributed by atoms with Gasteiger partial charge in [-0.1, -0.05) is 6.07 Å². The topological polar surface area (TPSA) is 60.7 Å². The molecular weight excluding hydrogens is 169 g/mol. The van der Waals surface area contributed by atoms with Crippen LogP contribution in [0.1, 0.15) is 0 Å². The molecule has 0 bridgehead atoms. The molecule has 12 heavy (non-hydrogen) atoms. The monoisotopic (exact) mass is 176 g/mol. The van der Waals surface area contributed by atoms with Crippen LogP contribution in [0.4, 0.5) is 8.78 Å². The molecule has 3 nitrogen and oxygen atoms in total. The van der Waals surface area contributed by atoms with Crippen molar-refractivity contribution < 1.29 is 23.9 Å². The SMILES string of the molecule is OBO.Oc1cccc(F)c1F. The van der Waals surface area contributed by atoms with Crippen LogP contribution < -0.4 is 0 Å². The summed E-state index contributed by atoms with van der Waals surface area (Å²) in [5.41, 5.74) is 0. The van der Waals surface area contributed by atoms with E-state index in [1.807, 2.05) is 0 Å². The predicted octanol–water partition coefficient (Wildman–Crippen LogP) is -0.0921. The maximum atomic E-state index is 12.1. The molecule has 0 aliphatic heterocycles. The molecule has 0 fully saturated rings. The van der Waals surface area contributed by atoms with Crippen molar-refractivity contribution in [1.82, 2.24) is 0 Å². The lowest BCUT2D eigenvalue weighted by molar-refractivity contribution is 0.407. The Morgan fingerprint density at radius 2 is 1.67 bits per heavy atom. The van der Waals surface area contributed by atoms with Crippen molar-refractivity contribution in [1.29, 1.82) is 0 Å². The number of phenols is 1. The molecule has 0 radical (unpaired) electrons. The second-order valence-electron chi connectivity index (χ2n) is 1.71. The van der Waals surface area contributed by atoms with Gasteiger partial charge in [0.25, 0.3) is 0 Å². The summed E-state index contributed by atoms with van der Waals surface area (Å²) in [4.78, 5) is 0. The van der Waals surface area contributed by atoms with Crippen LogP contribution in [0, 0.1) is 11.6 Å². The maximum Gasteiger partial charge on any atom is 0.432 e. The standard InChI is InChI=1S/C6H4F2O.BH3O2/c7-4-2-1-3-5(9)6(4)8;2-1-3/h1-3,9H;1-3H. The number of hydrogen-bond acceptors (Lipinski definition) is 3. The van der Waals surface area contributed by atoms with Gasteiger partial charge in [0.2, 0.25) is 0 Å². The first-order valence-electron chi connectivity index (χ1n) is 2.98. The van der Waals surface area contributed by atoms with Crippen molar-refractivity contribution in [2.75, 3.05) is 0 Å². The Hall–Kier alpha value is -1.14. The summed E-state index contributed by atoms with van der Waals surface area (Å²) in [6.45, 7) is 0. The van der Waals surface area contributed by atoms with E-state index in [4.69, 9.17) is 15.2 Å². The summed E-state index contributed by atoms with van der Waals surface area (Å²) in [6, 6.07) is 3.25. The van der Waals surface area contributed by atoms with Gasteiger partial charge in [-0.25, -0.2) is 4.39 Å². The normalized spacial score (nSPS) is 8.33. The van der Waals surface area contributed by atoms with Gasteiger partial charge in [-0.3, -0.25) is 0 Å². The highest BCUT2D eigenvalue weighted by atomic mass is 19.2. The van der Waals surface area contributed by atoms with Gasteiger partial charge in [0.15, 0.2) is 17.4 Å². The summed E-state index contributed by atoms with van der Waals surface area (Å²) in [6.07, 6.45) is 0. The number of hydrogen-bond donors (Lipinski definition) is 3. The fourth-order valence-electron chi connectivity index (χ4n) is 0.492. The minimum Gasteiger partial charge on any atom is -0.505 e. The lowest BCUT2D eigenvalue weighted by Gasteiger charge is -1.92. The average molecular weight is 176 g/mol.